The van der Waals surface area contributed by atoms with Gasteiger partial charge in [-0.25, -0.2) is 0 Å². The molecule has 1 aliphatic carbocycles. The Hall–Kier alpha value is -0.910. The van der Waals surface area contributed by atoms with Gasteiger partial charge in [0.15, 0.2) is 0 Å². The minimum Gasteiger partial charge on any atom is -0.385 e. The molecule has 0 aromatic rings. The molecule has 3 unspecified atom stereocenters. The predicted octanol–water partition coefficient (Wildman–Crippen LogP) is 2.37. The van der Waals surface area contributed by atoms with E-state index in [1.807, 2.05) is 19.1 Å². The number of rotatable bonds is 7. The highest BCUT2D eigenvalue weighted by Crippen LogP contribution is 2.32. The van der Waals surface area contributed by atoms with Gasteiger partial charge in [-0.15, -0.1) is 0 Å². The lowest BCUT2D eigenvalue weighted by molar-refractivity contribution is -0.124. The van der Waals surface area contributed by atoms with Crippen molar-refractivity contribution in [3.8, 4) is 0 Å². The monoisotopic (exact) mass is 324 g/mol. The van der Waals surface area contributed by atoms with E-state index in [2.05, 4.69) is 10.6 Å². The summed E-state index contributed by atoms with van der Waals surface area (Å²) >= 11 is 0. The number of allylic oxidation sites excluding steroid dienone is 1. The van der Waals surface area contributed by atoms with Gasteiger partial charge >= 0.3 is 0 Å². The third-order valence-corrected chi connectivity index (χ3v) is 4.88. The lowest BCUT2D eigenvalue weighted by Gasteiger charge is -2.25. The van der Waals surface area contributed by atoms with Crippen LogP contribution < -0.4 is 10.6 Å². The van der Waals surface area contributed by atoms with E-state index >= 15 is 0 Å². The highest BCUT2D eigenvalue weighted by atomic mass is 16.5. The second-order valence-corrected chi connectivity index (χ2v) is 6.58. The highest BCUT2D eigenvalue weighted by molar-refractivity contribution is 5.83. The molecule has 1 aliphatic heterocycles. The van der Waals surface area contributed by atoms with Crippen LogP contribution in [-0.2, 0) is 14.3 Å². The molecule has 2 aliphatic rings. The number of nitrogens with one attached hydrogen (secondary N) is 2. The molecule has 5 heteroatoms. The van der Waals surface area contributed by atoms with Crippen molar-refractivity contribution in [2.45, 2.75) is 70.2 Å². The average molecular weight is 324 g/mol. The smallest absolute Gasteiger partial charge is 0.240 e. The number of ether oxygens (including phenoxy) is 2. The van der Waals surface area contributed by atoms with Crippen LogP contribution in [0.2, 0.25) is 0 Å². The van der Waals surface area contributed by atoms with Crippen molar-refractivity contribution in [3.05, 3.63) is 12.2 Å². The van der Waals surface area contributed by atoms with Crippen LogP contribution in [0.5, 0.6) is 0 Å². The summed E-state index contributed by atoms with van der Waals surface area (Å²) in [5, 5.41) is 6.37. The van der Waals surface area contributed by atoms with Crippen LogP contribution in [0.4, 0.5) is 0 Å². The fourth-order valence-corrected chi connectivity index (χ4v) is 3.61. The minimum atomic E-state index is -0.245. The second-order valence-electron chi connectivity index (χ2n) is 6.58. The normalized spacial score (nSPS) is 29.7. The van der Waals surface area contributed by atoms with Gasteiger partial charge in [-0.05, 0) is 25.7 Å². The lowest BCUT2D eigenvalue weighted by Crippen LogP contribution is -2.49. The fourth-order valence-electron chi connectivity index (χ4n) is 3.61. The molecular weight excluding hydrogens is 292 g/mol. The first-order valence-electron chi connectivity index (χ1n) is 9.05. The molecule has 3 atom stereocenters. The lowest BCUT2D eigenvalue weighted by atomic mass is 9.89. The predicted molar refractivity (Wildman–Crippen MR) is 91.1 cm³/mol. The van der Waals surface area contributed by atoms with Crippen molar-refractivity contribution in [2.24, 2.45) is 5.92 Å². The molecule has 0 bridgehead atoms. The molecule has 23 heavy (non-hydrogen) atoms. The summed E-state index contributed by atoms with van der Waals surface area (Å²) < 4.78 is 11.4. The molecule has 0 aromatic heterocycles. The quantitative estimate of drug-likeness (QED) is 0.557. The van der Waals surface area contributed by atoms with Gasteiger partial charge in [0.05, 0.1) is 6.10 Å². The molecule has 5 nitrogen and oxygen atoms in total. The first-order valence-corrected chi connectivity index (χ1v) is 9.05. The van der Waals surface area contributed by atoms with Gasteiger partial charge in [0.25, 0.3) is 0 Å². The highest BCUT2D eigenvalue weighted by Gasteiger charge is 2.42. The van der Waals surface area contributed by atoms with Crippen molar-refractivity contribution in [1.29, 1.82) is 0 Å². The summed E-state index contributed by atoms with van der Waals surface area (Å²) in [5.74, 6) is 0.535. The van der Waals surface area contributed by atoms with E-state index in [1.165, 1.54) is 38.5 Å². The van der Waals surface area contributed by atoms with Gasteiger partial charge in [-0.3, -0.25) is 10.1 Å². The van der Waals surface area contributed by atoms with Crippen LogP contribution >= 0.6 is 0 Å². The zero-order valence-corrected chi connectivity index (χ0v) is 14.6. The number of methoxy groups -OCH3 is 1. The summed E-state index contributed by atoms with van der Waals surface area (Å²) in [6.45, 7) is 3.17. The molecule has 1 saturated heterocycles. The molecule has 2 rings (SSSR count). The molecule has 2 fully saturated rings. The standard InChI is InChI=1S/C18H32N2O3/c1-3-4-12-19-18(21)16-17(14-9-7-5-6-8-10-14)23-15(20-16)11-13-22-2/h3-4,14-17,20H,5-13H2,1-2H3,(H,19,21)/b4-3+. The largest absolute Gasteiger partial charge is 0.385 e. The number of hydrogen-bond acceptors (Lipinski definition) is 4. The van der Waals surface area contributed by atoms with Crippen molar-refractivity contribution < 1.29 is 14.3 Å². The zero-order valence-electron chi connectivity index (χ0n) is 14.6. The summed E-state index contributed by atoms with van der Waals surface area (Å²) in [4.78, 5) is 12.6. The van der Waals surface area contributed by atoms with Crippen molar-refractivity contribution >= 4 is 5.91 Å². The van der Waals surface area contributed by atoms with E-state index in [0.717, 1.165) is 6.42 Å². The van der Waals surface area contributed by atoms with E-state index < -0.39 is 0 Å². The molecule has 1 amide bonds. The van der Waals surface area contributed by atoms with Crippen molar-refractivity contribution in [3.63, 3.8) is 0 Å². The van der Waals surface area contributed by atoms with Crippen LogP contribution in [0.3, 0.4) is 0 Å². The maximum Gasteiger partial charge on any atom is 0.240 e. The van der Waals surface area contributed by atoms with E-state index in [1.54, 1.807) is 7.11 Å². The van der Waals surface area contributed by atoms with Crippen LogP contribution in [0.15, 0.2) is 12.2 Å². The first kappa shape index (κ1) is 18.4. The Balaban J connectivity index is 1.99. The molecule has 132 valence electrons. The maximum absolute atomic E-state index is 12.6. The van der Waals surface area contributed by atoms with Gasteiger partial charge in [0.2, 0.25) is 5.91 Å². The van der Waals surface area contributed by atoms with Crippen LogP contribution in [-0.4, -0.2) is 44.5 Å². The number of amides is 1. The van der Waals surface area contributed by atoms with Gasteiger partial charge in [0.1, 0.15) is 12.3 Å². The van der Waals surface area contributed by atoms with Gasteiger partial charge in [-0.1, -0.05) is 37.8 Å². The Morgan fingerprint density at radius 2 is 2.04 bits per heavy atom. The molecule has 2 N–H and O–H groups in total. The summed E-state index contributed by atoms with van der Waals surface area (Å²) in [5.41, 5.74) is 0. The minimum absolute atomic E-state index is 0.0134. The van der Waals surface area contributed by atoms with Gasteiger partial charge in [-0.2, -0.15) is 0 Å². The fraction of sp³-hybridized carbons (Fsp3) is 0.833. The molecule has 0 spiro atoms. The average Bonchev–Trinajstić information content (AvgIpc) is 2.79. The molecule has 1 saturated carbocycles. The molecule has 0 aromatic carbocycles. The van der Waals surface area contributed by atoms with E-state index in [9.17, 15) is 4.79 Å². The van der Waals surface area contributed by atoms with Crippen LogP contribution in [0, 0.1) is 5.92 Å². The molecule has 0 radical (unpaired) electrons. The summed E-state index contributed by atoms with van der Waals surface area (Å²) in [6.07, 6.45) is 12.0. The van der Waals surface area contributed by atoms with E-state index in [-0.39, 0.29) is 24.3 Å². The Morgan fingerprint density at radius 3 is 2.70 bits per heavy atom. The Morgan fingerprint density at radius 1 is 1.30 bits per heavy atom. The second kappa shape index (κ2) is 10.1. The van der Waals surface area contributed by atoms with Crippen LogP contribution in [0.1, 0.15) is 51.9 Å². The number of carbonyl (C=O) groups excluding carboxylic acids is 1. The molecular formula is C18H32N2O3. The van der Waals surface area contributed by atoms with Crippen molar-refractivity contribution in [1.82, 2.24) is 10.6 Å². The summed E-state index contributed by atoms with van der Waals surface area (Å²) in [6, 6.07) is -0.245. The van der Waals surface area contributed by atoms with E-state index in [0.29, 0.717) is 19.1 Å². The maximum atomic E-state index is 12.6. The van der Waals surface area contributed by atoms with Crippen molar-refractivity contribution in [2.75, 3.05) is 20.3 Å². The number of carbonyl (C=O) groups is 1. The van der Waals surface area contributed by atoms with Gasteiger partial charge < -0.3 is 14.8 Å². The zero-order chi connectivity index (χ0) is 16.5. The first-order chi connectivity index (χ1) is 11.3. The van der Waals surface area contributed by atoms with Gasteiger partial charge in [0, 0.05) is 26.7 Å². The van der Waals surface area contributed by atoms with Crippen LogP contribution in [0.25, 0.3) is 0 Å². The third kappa shape index (κ3) is 5.59. The summed E-state index contributed by atoms with van der Waals surface area (Å²) in [7, 11) is 1.69. The SMILES string of the molecule is C/C=C/CNC(=O)C1NC(CCOC)OC1C1CCCCCC1. The number of hydrogen-bond donors (Lipinski definition) is 2. The Bertz CT molecular complexity index is 378. The Kier molecular flexibility index (Phi) is 8.06. The third-order valence-electron chi connectivity index (χ3n) is 4.88. The molecule has 1 heterocycles. The van der Waals surface area contributed by atoms with E-state index in [4.69, 9.17) is 9.47 Å². The topological polar surface area (TPSA) is 59.6 Å². The Labute approximate surface area is 140 Å².